The first-order chi connectivity index (χ1) is 15.6. The second-order valence-electron chi connectivity index (χ2n) is 8.85. The first kappa shape index (κ1) is 22.8. The minimum atomic E-state index is -0.800. The maximum atomic E-state index is 13.2. The van der Waals surface area contributed by atoms with Crippen molar-refractivity contribution in [3.05, 3.63) is 70.3 Å². The SMILES string of the molecule is CCCN1c2ccc(/C=C3/C(=O)NC(=O)N(c4cccc(Cl)c4)C3=O)cc2C(C)=CC1(C)C. The number of amides is 4. The molecule has 170 valence electrons. The summed E-state index contributed by atoms with van der Waals surface area (Å²) >= 11 is 6.03. The molecule has 0 aliphatic carbocycles. The predicted octanol–water partition coefficient (Wildman–Crippen LogP) is 5.42. The van der Waals surface area contributed by atoms with Crippen molar-refractivity contribution < 1.29 is 14.4 Å². The Morgan fingerprint density at radius 3 is 2.55 bits per heavy atom. The molecule has 0 radical (unpaired) electrons. The van der Waals surface area contributed by atoms with Crippen LogP contribution in [-0.4, -0.2) is 29.9 Å². The quantitative estimate of drug-likeness (QED) is 0.485. The van der Waals surface area contributed by atoms with Gasteiger partial charge in [-0.15, -0.1) is 0 Å². The summed E-state index contributed by atoms with van der Waals surface area (Å²) in [5.74, 6) is -1.41. The van der Waals surface area contributed by atoms with E-state index in [1.165, 1.54) is 12.1 Å². The molecule has 6 nitrogen and oxygen atoms in total. The van der Waals surface area contributed by atoms with Crippen LogP contribution >= 0.6 is 11.6 Å². The number of anilines is 2. The van der Waals surface area contributed by atoms with Crippen LogP contribution in [0.3, 0.4) is 0 Å². The Hall–Kier alpha value is -3.38. The maximum Gasteiger partial charge on any atom is 0.335 e. The molecule has 33 heavy (non-hydrogen) atoms. The van der Waals surface area contributed by atoms with E-state index in [-0.39, 0.29) is 11.1 Å². The predicted molar refractivity (Wildman–Crippen MR) is 132 cm³/mol. The van der Waals surface area contributed by atoms with E-state index in [2.05, 4.69) is 44.0 Å². The number of benzene rings is 2. The summed E-state index contributed by atoms with van der Waals surface area (Å²) in [5.41, 5.74) is 4.10. The van der Waals surface area contributed by atoms with Gasteiger partial charge in [0.1, 0.15) is 5.57 Å². The molecule has 2 aromatic carbocycles. The molecule has 4 rings (SSSR count). The van der Waals surface area contributed by atoms with Crippen LogP contribution in [0.2, 0.25) is 5.02 Å². The lowest BCUT2D eigenvalue weighted by molar-refractivity contribution is -0.122. The van der Waals surface area contributed by atoms with Crippen molar-refractivity contribution in [1.29, 1.82) is 0 Å². The molecule has 4 amide bonds. The van der Waals surface area contributed by atoms with Gasteiger partial charge in [-0.3, -0.25) is 14.9 Å². The number of rotatable bonds is 4. The second-order valence-corrected chi connectivity index (χ2v) is 9.28. The van der Waals surface area contributed by atoms with Gasteiger partial charge in [0, 0.05) is 22.8 Å². The highest BCUT2D eigenvalue weighted by Gasteiger charge is 2.37. The fourth-order valence-corrected chi connectivity index (χ4v) is 4.68. The zero-order chi connectivity index (χ0) is 23.9. The third-order valence-electron chi connectivity index (χ3n) is 5.93. The van der Waals surface area contributed by atoms with E-state index in [4.69, 9.17) is 11.6 Å². The number of carbonyl (C=O) groups is 3. The number of halogens is 1. The van der Waals surface area contributed by atoms with Gasteiger partial charge in [0.05, 0.1) is 11.2 Å². The summed E-state index contributed by atoms with van der Waals surface area (Å²) in [6.07, 6.45) is 4.78. The summed E-state index contributed by atoms with van der Waals surface area (Å²) in [7, 11) is 0. The molecule has 2 aliphatic rings. The van der Waals surface area contributed by atoms with Crippen molar-refractivity contribution in [1.82, 2.24) is 5.32 Å². The molecule has 1 N–H and O–H groups in total. The fraction of sp³-hybridized carbons (Fsp3) is 0.269. The summed E-state index contributed by atoms with van der Waals surface area (Å²) in [4.78, 5) is 41.4. The van der Waals surface area contributed by atoms with Crippen molar-refractivity contribution in [2.45, 2.75) is 39.7 Å². The summed E-state index contributed by atoms with van der Waals surface area (Å²) in [6, 6.07) is 11.5. The van der Waals surface area contributed by atoms with E-state index in [1.54, 1.807) is 18.2 Å². The zero-order valence-corrected chi connectivity index (χ0v) is 19.9. The number of fused-ring (bicyclic) bond motifs is 1. The van der Waals surface area contributed by atoms with E-state index in [0.29, 0.717) is 16.3 Å². The average Bonchev–Trinajstić information content (AvgIpc) is 2.74. The number of imide groups is 2. The van der Waals surface area contributed by atoms with Crippen LogP contribution in [0.5, 0.6) is 0 Å². The van der Waals surface area contributed by atoms with Gasteiger partial charge in [-0.2, -0.15) is 0 Å². The molecule has 0 aromatic heterocycles. The third-order valence-corrected chi connectivity index (χ3v) is 6.16. The van der Waals surface area contributed by atoms with Crippen molar-refractivity contribution in [2.75, 3.05) is 16.3 Å². The Morgan fingerprint density at radius 2 is 1.85 bits per heavy atom. The summed E-state index contributed by atoms with van der Waals surface area (Å²) in [5, 5.41) is 2.63. The molecule has 0 saturated carbocycles. The van der Waals surface area contributed by atoms with Crippen LogP contribution in [0.15, 0.2) is 54.1 Å². The summed E-state index contributed by atoms with van der Waals surface area (Å²) < 4.78 is 0. The number of hydrogen-bond acceptors (Lipinski definition) is 4. The molecule has 1 fully saturated rings. The molecule has 2 aromatic rings. The Kier molecular flexibility index (Phi) is 5.89. The second kappa shape index (κ2) is 8.52. The molecule has 0 unspecified atom stereocenters. The van der Waals surface area contributed by atoms with E-state index in [9.17, 15) is 14.4 Å². The van der Waals surface area contributed by atoms with Gasteiger partial charge in [-0.05, 0) is 74.7 Å². The van der Waals surface area contributed by atoms with Crippen LogP contribution in [-0.2, 0) is 9.59 Å². The van der Waals surface area contributed by atoms with Crippen molar-refractivity contribution in [2.24, 2.45) is 0 Å². The van der Waals surface area contributed by atoms with Gasteiger partial charge in [-0.1, -0.05) is 36.7 Å². The monoisotopic (exact) mass is 463 g/mol. The number of nitrogens with zero attached hydrogens (tertiary/aromatic N) is 2. The number of allylic oxidation sites excluding steroid dienone is 1. The highest BCUT2D eigenvalue weighted by Crippen LogP contribution is 2.39. The first-order valence-corrected chi connectivity index (χ1v) is 11.3. The van der Waals surface area contributed by atoms with Crippen LogP contribution < -0.4 is 15.1 Å². The smallest absolute Gasteiger partial charge is 0.335 e. The number of hydrogen-bond donors (Lipinski definition) is 1. The normalized spacial score (nSPS) is 18.9. The van der Waals surface area contributed by atoms with Crippen molar-refractivity contribution >= 4 is 52.5 Å². The number of barbiturate groups is 1. The largest absolute Gasteiger partial charge is 0.362 e. The highest BCUT2D eigenvalue weighted by atomic mass is 35.5. The number of nitrogens with one attached hydrogen (secondary N) is 1. The van der Waals surface area contributed by atoms with Crippen LogP contribution in [0, 0.1) is 0 Å². The van der Waals surface area contributed by atoms with Gasteiger partial charge < -0.3 is 4.90 Å². The Labute approximate surface area is 198 Å². The van der Waals surface area contributed by atoms with Crippen LogP contribution in [0.25, 0.3) is 11.6 Å². The van der Waals surface area contributed by atoms with Gasteiger partial charge in [-0.25, -0.2) is 9.69 Å². The minimum Gasteiger partial charge on any atom is -0.362 e. The Morgan fingerprint density at radius 1 is 1.09 bits per heavy atom. The fourth-order valence-electron chi connectivity index (χ4n) is 4.50. The molecule has 2 heterocycles. The topological polar surface area (TPSA) is 69.7 Å². The highest BCUT2D eigenvalue weighted by molar-refractivity contribution is 6.39. The standard InChI is InChI=1S/C26H26ClN3O3/c1-5-11-29-22-10-9-17(12-20(22)16(2)15-26(29,3)4)13-21-23(31)28-25(33)30(24(21)32)19-8-6-7-18(27)14-19/h6-10,12-15H,5,11H2,1-4H3,(H,28,31,33)/b21-13-. The lowest BCUT2D eigenvalue weighted by Gasteiger charge is -2.43. The lowest BCUT2D eigenvalue weighted by Crippen LogP contribution is -2.54. The van der Waals surface area contributed by atoms with E-state index < -0.39 is 17.8 Å². The average molecular weight is 464 g/mol. The van der Waals surface area contributed by atoms with Gasteiger partial charge in [0.15, 0.2) is 0 Å². The van der Waals surface area contributed by atoms with Crippen LogP contribution in [0.4, 0.5) is 16.2 Å². The molecule has 0 spiro atoms. The molecule has 0 bridgehead atoms. The van der Waals surface area contributed by atoms with Crippen molar-refractivity contribution in [3.8, 4) is 0 Å². The minimum absolute atomic E-state index is 0.107. The number of urea groups is 1. The molecule has 1 saturated heterocycles. The van der Waals surface area contributed by atoms with Gasteiger partial charge in [0.2, 0.25) is 0 Å². The van der Waals surface area contributed by atoms with E-state index in [1.807, 2.05) is 18.2 Å². The molecule has 2 aliphatic heterocycles. The molecular formula is C26H26ClN3O3. The Balaban J connectivity index is 1.74. The molecule has 7 heteroatoms. The van der Waals surface area contributed by atoms with Gasteiger partial charge in [0.25, 0.3) is 11.8 Å². The lowest BCUT2D eigenvalue weighted by atomic mass is 9.87. The molecular weight excluding hydrogens is 438 g/mol. The summed E-state index contributed by atoms with van der Waals surface area (Å²) in [6.45, 7) is 9.52. The van der Waals surface area contributed by atoms with Crippen molar-refractivity contribution in [3.63, 3.8) is 0 Å². The third kappa shape index (κ3) is 4.18. The number of carbonyl (C=O) groups excluding carboxylic acids is 3. The first-order valence-electron chi connectivity index (χ1n) is 10.9. The van der Waals surface area contributed by atoms with E-state index in [0.717, 1.165) is 34.7 Å². The van der Waals surface area contributed by atoms with Gasteiger partial charge >= 0.3 is 6.03 Å². The van der Waals surface area contributed by atoms with E-state index >= 15 is 0 Å². The zero-order valence-electron chi connectivity index (χ0n) is 19.1. The van der Waals surface area contributed by atoms with Crippen LogP contribution in [0.1, 0.15) is 45.2 Å². The Bertz CT molecular complexity index is 1230. The maximum absolute atomic E-state index is 13.2. The molecule has 0 atom stereocenters.